The Labute approximate surface area is 112 Å². The highest BCUT2D eigenvalue weighted by Crippen LogP contribution is 2.29. The molecule has 1 heterocycles. The van der Waals surface area contributed by atoms with Crippen LogP contribution in [0.4, 0.5) is 0 Å². The maximum Gasteiger partial charge on any atom is 0.0546 e. The maximum atomic E-state index is 6.03. The van der Waals surface area contributed by atoms with Crippen LogP contribution in [0, 0.1) is 5.41 Å². The number of nitrogens with zero attached hydrogens (tertiary/aromatic N) is 2. The third-order valence-electron chi connectivity index (χ3n) is 4.03. The third-order valence-corrected chi connectivity index (χ3v) is 4.03. The second-order valence-electron chi connectivity index (χ2n) is 6.03. The van der Waals surface area contributed by atoms with Crippen LogP contribution in [0.3, 0.4) is 0 Å². The van der Waals surface area contributed by atoms with Gasteiger partial charge >= 0.3 is 0 Å². The summed E-state index contributed by atoms with van der Waals surface area (Å²) in [7, 11) is 4.26. The third kappa shape index (κ3) is 4.50. The number of nitrogens with two attached hydrogens (primary N) is 1. The molecule has 0 radical (unpaired) electrons. The Kier molecular flexibility index (Phi) is 6.57. The summed E-state index contributed by atoms with van der Waals surface area (Å²) in [5, 5.41) is 0. The average Bonchev–Trinajstić information content (AvgIpc) is 2.36. The molecule has 108 valence electrons. The van der Waals surface area contributed by atoms with Crippen LogP contribution >= 0.6 is 0 Å². The monoisotopic (exact) mass is 257 g/mol. The van der Waals surface area contributed by atoms with Crippen LogP contribution in [0.25, 0.3) is 0 Å². The van der Waals surface area contributed by atoms with Gasteiger partial charge < -0.3 is 15.4 Å². The van der Waals surface area contributed by atoms with Gasteiger partial charge in [-0.1, -0.05) is 6.92 Å². The van der Waals surface area contributed by atoms with Crippen molar-refractivity contribution in [1.29, 1.82) is 0 Å². The number of ether oxygens (including phenoxy) is 1. The molecule has 0 spiro atoms. The summed E-state index contributed by atoms with van der Waals surface area (Å²) < 4.78 is 5.67. The van der Waals surface area contributed by atoms with Crippen LogP contribution in [-0.2, 0) is 4.74 Å². The Bertz CT molecular complexity index is 227. The zero-order valence-corrected chi connectivity index (χ0v) is 12.6. The SMILES string of the molecule is CCN(CC1(CN)CCCOC1)C(C)CN(C)C. The average molecular weight is 257 g/mol. The molecule has 0 amide bonds. The smallest absolute Gasteiger partial charge is 0.0546 e. The van der Waals surface area contributed by atoms with E-state index < -0.39 is 0 Å². The Morgan fingerprint density at radius 2 is 2.11 bits per heavy atom. The quantitative estimate of drug-likeness (QED) is 0.739. The lowest BCUT2D eigenvalue weighted by Gasteiger charge is -2.42. The largest absolute Gasteiger partial charge is 0.381 e. The van der Waals surface area contributed by atoms with Gasteiger partial charge in [0.1, 0.15) is 0 Å². The van der Waals surface area contributed by atoms with Gasteiger partial charge in [0.25, 0.3) is 0 Å². The first-order valence-electron chi connectivity index (χ1n) is 7.19. The molecule has 2 unspecified atom stereocenters. The summed E-state index contributed by atoms with van der Waals surface area (Å²) in [6.45, 7) is 10.2. The molecule has 0 aliphatic carbocycles. The van der Waals surface area contributed by atoms with E-state index in [1.54, 1.807) is 0 Å². The van der Waals surface area contributed by atoms with Gasteiger partial charge in [0, 0.05) is 37.7 Å². The second-order valence-corrected chi connectivity index (χ2v) is 6.03. The first kappa shape index (κ1) is 15.9. The van der Waals surface area contributed by atoms with Crippen LogP contribution in [0.1, 0.15) is 26.7 Å². The molecule has 1 rings (SSSR count). The fourth-order valence-corrected chi connectivity index (χ4v) is 2.91. The molecule has 4 nitrogen and oxygen atoms in total. The van der Waals surface area contributed by atoms with Crippen LogP contribution in [-0.4, -0.2) is 69.3 Å². The molecule has 0 saturated carbocycles. The number of hydrogen-bond acceptors (Lipinski definition) is 4. The lowest BCUT2D eigenvalue weighted by molar-refractivity contribution is -0.0280. The fourth-order valence-electron chi connectivity index (χ4n) is 2.91. The number of hydrogen-bond donors (Lipinski definition) is 1. The lowest BCUT2D eigenvalue weighted by Crippen LogP contribution is -2.51. The van der Waals surface area contributed by atoms with Gasteiger partial charge in [-0.25, -0.2) is 0 Å². The summed E-state index contributed by atoms with van der Waals surface area (Å²) in [6, 6.07) is 0.565. The molecule has 18 heavy (non-hydrogen) atoms. The summed E-state index contributed by atoms with van der Waals surface area (Å²) in [6.07, 6.45) is 2.35. The Hall–Kier alpha value is -0.160. The van der Waals surface area contributed by atoms with Gasteiger partial charge in [-0.15, -0.1) is 0 Å². The van der Waals surface area contributed by atoms with Crippen LogP contribution in [0.5, 0.6) is 0 Å². The van der Waals surface area contributed by atoms with Crippen molar-refractivity contribution in [2.45, 2.75) is 32.7 Å². The minimum atomic E-state index is 0.175. The molecule has 1 aliphatic heterocycles. The molecule has 0 aromatic rings. The predicted octanol–water partition coefficient (Wildman–Crippen LogP) is 1.01. The molecule has 1 saturated heterocycles. The topological polar surface area (TPSA) is 41.7 Å². The second kappa shape index (κ2) is 7.43. The molecular weight excluding hydrogens is 226 g/mol. The molecule has 0 bridgehead atoms. The Morgan fingerprint density at radius 3 is 2.56 bits per heavy atom. The Balaban J connectivity index is 2.59. The summed E-state index contributed by atoms with van der Waals surface area (Å²) in [5.41, 5.74) is 6.20. The highest BCUT2D eigenvalue weighted by Gasteiger charge is 2.34. The molecule has 0 aromatic carbocycles. The van der Waals surface area contributed by atoms with Crippen LogP contribution in [0.2, 0.25) is 0 Å². The molecule has 2 atom stereocenters. The zero-order chi connectivity index (χ0) is 13.6. The molecule has 2 N–H and O–H groups in total. The lowest BCUT2D eigenvalue weighted by atomic mass is 9.81. The van der Waals surface area contributed by atoms with E-state index in [1.807, 2.05) is 0 Å². The standard InChI is InChI=1S/C14H31N3O/c1-5-17(13(2)9-16(3)4)11-14(10-15)7-6-8-18-12-14/h13H,5-12,15H2,1-4H3. The highest BCUT2D eigenvalue weighted by atomic mass is 16.5. The normalized spacial score (nSPS) is 26.8. The van der Waals surface area contributed by atoms with Crippen LogP contribution < -0.4 is 5.73 Å². The summed E-state index contributed by atoms with van der Waals surface area (Å²) in [5.74, 6) is 0. The van der Waals surface area contributed by atoms with Gasteiger partial charge in [0.2, 0.25) is 0 Å². The van der Waals surface area contributed by atoms with Crippen molar-refractivity contribution >= 4 is 0 Å². The molecule has 1 aliphatic rings. The van der Waals surface area contributed by atoms with E-state index in [0.717, 1.165) is 45.8 Å². The van der Waals surface area contributed by atoms with E-state index in [1.165, 1.54) is 6.42 Å². The van der Waals surface area contributed by atoms with Gasteiger partial charge in [0.05, 0.1) is 6.61 Å². The van der Waals surface area contributed by atoms with Gasteiger partial charge in [-0.3, -0.25) is 4.90 Å². The van der Waals surface area contributed by atoms with Gasteiger partial charge in [-0.05, 0) is 40.4 Å². The van der Waals surface area contributed by atoms with Crippen molar-refractivity contribution in [3.8, 4) is 0 Å². The van der Waals surface area contributed by atoms with E-state index in [0.29, 0.717) is 6.04 Å². The zero-order valence-electron chi connectivity index (χ0n) is 12.6. The van der Waals surface area contributed by atoms with Crippen molar-refractivity contribution in [3.63, 3.8) is 0 Å². The molecular formula is C14H31N3O. The van der Waals surface area contributed by atoms with Gasteiger partial charge in [-0.2, -0.15) is 0 Å². The number of likely N-dealkylation sites (N-methyl/N-ethyl adjacent to an activating group) is 2. The molecule has 0 aromatic heterocycles. The minimum Gasteiger partial charge on any atom is -0.381 e. The van der Waals surface area contributed by atoms with E-state index >= 15 is 0 Å². The van der Waals surface area contributed by atoms with Crippen molar-refractivity contribution < 1.29 is 4.74 Å². The Morgan fingerprint density at radius 1 is 1.39 bits per heavy atom. The fraction of sp³-hybridized carbons (Fsp3) is 1.00. The van der Waals surface area contributed by atoms with E-state index in [9.17, 15) is 0 Å². The van der Waals surface area contributed by atoms with Gasteiger partial charge in [0.15, 0.2) is 0 Å². The highest BCUT2D eigenvalue weighted by molar-refractivity contribution is 4.87. The first-order valence-corrected chi connectivity index (χ1v) is 7.19. The molecule has 1 fully saturated rings. The summed E-state index contributed by atoms with van der Waals surface area (Å²) >= 11 is 0. The molecule has 4 heteroatoms. The van der Waals surface area contributed by atoms with E-state index in [4.69, 9.17) is 10.5 Å². The maximum absolute atomic E-state index is 6.03. The first-order chi connectivity index (χ1) is 8.53. The van der Waals surface area contributed by atoms with Crippen molar-refractivity contribution in [2.24, 2.45) is 11.1 Å². The van der Waals surface area contributed by atoms with Crippen molar-refractivity contribution in [3.05, 3.63) is 0 Å². The predicted molar refractivity (Wildman–Crippen MR) is 76.8 cm³/mol. The number of rotatable bonds is 7. The van der Waals surface area contributed by atoms with Crippen molar-refractivity contribution in [1.82, 2.24) is 9.80 Å². The van der Waals surface area contributed by atoms with Crippen LogP contribution in [0.15, 0.2) is 0 Å². The van der Waals surface area contributed by atoms with E-state index in [-0.39, 0.29) is 5.41 Å². The van der Waals surface area contributed by atoms with E-state index in [2.05, 4.69) is 37.7 Å². The summed E-state index contributed by atoms with van der Waals surface area (Å²) in [4.78, 5) is 4.79. The van der Waals surface area contributed by atoms with Crippen molar-refractivity contribution in [2.75, 3.05) is 53.5 Å². The minimum absolute atomic E-state index is 0.175.